The largest absolute Gasteiger partial charge is 0.456 e. The van der Waals surface area contributed by atoms with Crippen LogP contribution in [0.25, 0.3) is 33.4 Å². The van der Waals surface area contributed by atoms with E-state index in [1.165, 1.54) is 10.5 Å². The van der Waals surface area contributed by atoms with Crippen LogP contribution in [0.2, 0.25) is 0 Å². The second kappa shape index (κ2) is 18.2. The fraction of sp³-hybridized carbons (Fsp3) is 0.319. The molecule has 7 rings (SSSR count). The summed E-state index contributed by atoms with van der Waals surface area (Å²) in [5.41, 5.74) is 7.53. The molecule has 2 heterocycles. The first-order valence-electron chi connectivity index (χ1n) is 19.8. The number of hydrogen-bond donors (Lipinski definition) is 2. The summed E-state index contributed by atoms with van der Waals surface area (Å²) in [4.78, 5) is 16.4. The van der Waals surface area contributed by atoms with Gasteiger partial charge in [0.25, 0.3) is 0 Å². The van der Waals surface area contributed by atoms with Crippen molar-refractivity contribution in [3.05, 3.63) is 127 Å². The lowest BCUT2D eigenvalue weighted by molar-refractivity contribution is -0.126. The molecule has 0 radical (unpaired) electrons. The normalized spacial score (nSPS) is 14.4. The third kappa shape index (κ3) is 9.33. The molecule has 3 aliphatic rings. The summed E-state index contributed by atoms with van der Waals surface area (Å²) in [5, 5.41) is 8.81. The molecule has 7 nitrogen and oxygen atoms in total. The first kappa shape index (κ1) is 38.4. The Bertz CT molecular complexity index is 2230. The van der Waals surface area contributed by atoms with Crippen LogP contribution in [0.15, 0.2) is 131 Å². The molecule has 0 aromatic heterocycles. The molecule has 1 saturated heterocycles. The van der Waals surface area contributed by atoms with E-state index in [0.29, 0.717) is 6.04 Å². The van der Waals surface area contributed by atoms with Gasteiger partial charge >= 0.3 is 0 Å². The van der Waals surface area contributed by atoms with Gasteiger partial charge in [0.05, 0.1) is 6.07 Å². The van der Waals surface area contributed by atoms with Gasteiger partial charge in [-0.3, -0.25) is 4.79 Å². The molecule has 4 aromatic rings. The Morgan fingerprint density at radius 3 is 2.29 bits per heavy atom. The molecule has 284 valence electrons. The molecular formula is C47H54N5O2S+. The summed E-state index contributed by atoms with van der Waals surface area (Å²) in [6, 6.07) is 43.2. The van der Waals surface area contributed by atoms with E-state index in [1.807, 2.05) is 24.1 Å². The average Bonchev–Trinajstić information content (AvgIpc) is 3.22. The number of piperidine rings is 1. The topological polar surface area (TPSA) is 63.8 Å². The average molecular weight is 753 g/mol. The van der Waals surface area contributed by atoms with Gasteiger partial charge < -0.3 is 20.0 Å². The Kier molecular flexibility index (Phi) is 12.7. The van der Waals surface area contributed by atoms with Crippen LogP contribution in [0, 0.1) is 5.92 Å². The van der Waals surface area contributed by atoms with Crippen molar-refractivity contribution in [3.8, 4) is 22.5 Å². The summed E-state index contributed by atoms with van der Waals surface area (Å²) in [7, 11) is 4.19. The van der Waals surface area contributed by atoms with Crippen molar-refractivity contribution < 1.29 is 9.21 Å². The summed E-state index contributed by atoms with van der Waals surface area (Å²) < 4.78 is 11.5. The first-order valence-corrected chi connectivity index (χ1v) is 20.6. The molecule has 0 unspecified atom stereocenters. The predicted molar refractivity (Wildman–Crippen MR) is 230 cm³/mol. The third-order valence-corrected chi connectivity index (χ3v) is 11.8. The molecule has 8 heteroatoms. The first-order chi connectivity index (χ1) is 26.9. The van der Waals surface area contributed by atoms with Crippen molar-refractivity contribution in [3.63, 3.8) is 0 Å². The fourth-order valence-corrected chi connectivity index (χ4v) is 8.53. The lowest BCUT2D eigenvalue weighted by Crippen LogP contribution is -2.38. The molecule has 1 amide bonds. The minimum atomic E-state index is 0.0738. The number of fused-ring (bicyclic) bond motifs is 2. The van der Waals surface area contributed by atoms with Gasteiger partial charge in [-0.25, -0.2) is 4.31 Å². The van der Waals surface area contributed by atoms with Crippen molar-refractivity contribution in [1.82, 2.24) is 19.5 Å². The minimum Gasteiger partial charge on any atom is -0.456 e. The molecule has 0 saturated carbocycles. The number of benzene rings is 5. The van der Waals surface area contributed by atoms with Gasteiger partial charge in [-0.15, -0.1) is 0 Å². The smallest absolute Gasteiger partial charge is 0.223 e. The molecule has 0 bridgehead atoms. The molecule has 2 N–H and O–H groups in total. The Morgan fingerprint density at radius 2 is 1.53 bits per heavy atom. The predicted octanol–water partition coefficient (Wildman–Crippen LogP) is 9.71. The SMILES string of the molecule is CC(C)NCCCCCNC(=O)C1CCN(Sc2ccccc2-c2c3ccc(=[N+](C)c4ccccc4)cc-3oc3cc(N(C)c4ccccc4)ccc23)CC1. The number of nitrogens with zero attached hydrogens (tertiary/aromatic N) is 3. The lowest BCUT2D eigenvalue weighted by Gasteiger charge is -2.31. The number of anilines is 2. The van der Waals surface area contributed by atoms with Gasteiger partial charge in [-0.05, 0) is 86.1 Å². The number of amides is 1. The standard InChI is InChI=1S/C47H53N5O2S/c1-34(2)48-28-14-7-15-29-49-47(53)35-26-30-52(31-27-35)55-45-21-13-12-20-42(45)46-40-24-22-38(50(3)36-16-8-5-9-17-36)32-43(40)54-44-33-39(23-25-41(44)46)51(4)37-18-10-6-11-19-37/h5-6,8-13,16-25,32-35,48H,7,14-15,26-31H2,1-4H3/p+1. The fourth-order valence-electron chi connectivity index (χ4n) is 7.45. The highest BCUT2D eigenvalue weighted by Crippen LogP contribution is 2.45. The van der Waals surface area contributed by atoms with Crippen LogP contribution in [-0.4, -0.2) is 56.5 Å². The summed E-state index contributed by atoms with van der Waals surface area (Å²) >= 11 is 1.81. The number of hydrogen-bond acceptors (Lipinski definition) is 6. The maximum Gasteiger partial charge on any atom is 0.223 e. The van der Waals surface area contributed by atoms with Gasteiger partial charge in [0.15, 0.2) is 0 Å². The highest BCUT2D eigenvalue weighted by Gasteiger charge is 2.27. The molecule has 1 fully saturated rings. The van der Waals surface area contributed by atoms with E-state index in [2.05, 4.69) is 162 Å². The van der Waals surface area contributed by atoms with E-state index >= 15 is 0 Å². The molecule has 2 aliphatic heterocycles. The van der Waals surface area contributed by atoms with Crippen LogP contribution in [-0.2, 0) is 4.79 Å². The second-order valence-electron chi connectivity index (χ2n) is 14.9. The molecule has 1 aliphatic carbocycles. The summed E-state index contributed by atoms with van der Waals surface area (Å²) in [6.45, 7) is 7.89. The number of rotatable bonds is 14. The van der Waals surface area contributed by atoms with Gasteiger partial charge in [0.1, 0.15) is 18.4 Å². The highest BCUT2D eigenvalue weighted by atomic mass is 32.2. The monoisotopic (exact) mass is 752 g/mol. The van der Waals surface area contributed by atoms with E-state index in [9.17, 15) is 4.79 Å². The quantitative estimate of drug-likeness (QED) is 0.0500. The maximum absolute atomic E-state index is 13.1. The number of carbonyl (C=O) groups is 1. The third-order valence-electron chi connectivity index (χ3n) is 10.7. The molecule has 0 atom stereocenters. The van der Waals surface area contributed by atoms with Gasteiger partial charge in [0, 0.05) is 95.7 Å². The Balaban J connectivity index is 1.16. The van der Waals surface area contributed by atoms with Gasteiger partial charge in [-0.1, -0.05) is 74.9 Å². The number of para-hydroxylation sites is 2. The van der Waals surface area contributed by atoms with Crippen LogP contribution < -0.4 is 25.5 Å². The molecule has 55 heavy (non-hydrogen) atoms. The minimum absolute atomic E-state index is 0.0738. The van der Waals surface area contributed by atoms with Gasteiger partial charge in [0.2, 0.25) is 17.0 Å². The number of carbonyl (C=O) groups excluding carboxylic acids is 1. The summed E-state index contributed by atoms with van der Waals surface area (Å²) in [5.74, 6) is 1.12. The highest BCUT2D eigenvalue weighted by molar-refractivity contribution is 7.97. The zero-order chi connectivity index (χ0) is 38.1. The van der Waals surface area contributed by atoms with E-state index in [0.717, 1.165) is 109 Å². The van der Waals surface area contributed by atoms with E-state index < -0.39 is 0 Å². The van der Waals surface area contributed by atoms with Crippen LogP contribution >= 0.6 is 11.9 Å². The lowest BCUT2D eigenvalue weighted by atomic mass is 9.93. The van der Waals surface area contributed by atoms with Crippen molar-refractivity contribution in [2.75, 3.05) is 45.2 Å². The zero-order valence-corrected chi connectivity index (χ0v) is 33.4. The molecule has 4 aromatic carbocycles. The summed E-state index contributed by atoms with van der Waals surface area (Å²) in [6.07, 6.45) is 5.04. The second-order valence-corrected chi connectivity index (χ2v) is 16.0. The zero-order valence-electron chi connectivity index (χ0n) is 32.6. The Morgan fingerprint density at radius 1 is 0.818 bits per heavy atom. The van der Waals surface area contributed by atoms with Crippen LogP contribution in [0.5, 0.6) is 0 Å². The van der Waals surface area contributed by atoms with E-state index in [-0.39, 0.29) is 11.8 Å². The van der Waals surface area contributed by atoms with Crippen LogP contribution in [0.3, 0.4) is 0 Å². The van der Waals surface area contributed by atoms with Crippen LogP contribution in [0.4, 0.5) is 17.1 Å². The van der Waals surface area contributed by atoms with Crippen molar-refractivity contribution in [2.24, 2.45) is 5.92 Å². The Labute approximate surface area is 330 Å². The molecule has 0 spiro atoms. The number of unbranched alkanes of at least 4 members (excludes halogenated alkanes) is 2. The van der Waals surface area contributed by atoms with E-state index in [4.69, 9.17) is 4.42 Å². The van der Waals surface area contributed by atoms with Crippen molar-refractivity contribution in [1.29, 1.82) is 0 Å². The maximum atomic E-state index is 13.1. The van der Waals surface area contributed by atoms with Gasteiger partial charge in [-0.2, -0.15) is 4.58 Å². The van der Waals surface area contributed by atoms with Crippen molar-refractivity contribution >= 4 is 45.9 Å². The van der Waals surface area contributed by atoms with E-state index in [1.54, 1.807) is 0 Å². The van der Waals surface area contributed by atoms with Crippen LogP contribution in [0.1, 0.15) is 46.0 Å². The molecular weight excluding hydrogens is 699 g/mol. The van der Waals surface area contributed by atoms with Crippen molar-refractivity contribution in [2.45, 2.75) is 56.9 Å². The number of nitrogens with one attached hydrogen (secondary N) is 2. The Hall–Kier alpha value is -4.89.